The molecule has 0 heterocycles. The molecular formula is C17H20F3N3O3. The van der Waals surface area contributed by atoms with Gasteiger partial charge >= 0.3 is 17.9 Å². The standard InChI is InChI=1S/C17H20F3N3O3/c1-3-23-10-14(9-21)12-4-6-13(7-5-12)15(22)8-16(25,17(18,19)20)26-11(2)24/h4-7,9-10,21-23,25H,3,8H2,1-2H3/b14-10+,21-9?,22-15?. The van der Waals surface area contributed by atoms with Crippen molar-refractivity contribution in [3.63, 3.8) is 0 Å². The lowest BCUT2D eigenvalue weighted by Gasteiger charge is -2.29. The average Bonchev–Trinajstić information content (AvgIpc) is 2.54. The number of carbonyl (C=O) groups is 1. The highest BCUT2D eigenvalue weighted by molar-refractivity contribution is 6.08. The Balaban J connectivity index is 3.03. The van der Waals surface area contributed by atoms with Crippen LogP contribution in [0.5, 0.6) is 0 Å². The molecule has 26 heavy (non-hydrogen) atoms. The number of rotatable bonds is 8. The lowest BCUT2D eigenvalue weighted by atomic mass is 9.99. The highest BCUT2D eigenvalue weighted by atomic mass is 19.4. The molecule has 0 aliphatic carbocycles. The van der Waals surface area contributed by atoms with Gasteiger partial charge in [0.05, 0.1) is 6.42 Å². The summed E-state index contributed by atoms with van der Waals surface area (Å²) >= 11 is 0. The van der Waals surface area contributed by atoms with Gasteiger partial charge in [0.2, 0.25) is 0 Å². The maximum Gasteiger partial charge on any atom is 0.455 e. The van der Waals surface area contributed by atoms with Crippen LogP contribution in [0.2, 0.25) is 0 Å². The van der Waals surface area contributed by atoms with E-state index in [9.17, 15) is 23.1 Å². The number of ether oxygens (including phenoxy) is 1. The van der Waals surface area contributed by atoms with Crippen LogP contribution in [0.15, 0.2) is 30.5 Å². The van der Waals surface area contributed by atoms with E-state index in [1.807, 2.05) is 6.92 Å². The van der Waals surface area contributed by atoms with E-state index >= 15 is 0 Å². The molecular weight excluding hydrogens is 351 g/mol. The van der Waals surface area contributed by atoms with Crippen molar-refractivity contribution in [2.45, 2.75) is 32.2 Å². The molecule has 6 nitrogen and oxygen atoms in total. The van der Waals surface area contributed by atoms with Crippen LogP contribution in [-0.2, 0) is 9.53 Å². The number of hydrogen-bond donors (Lipinski definition) is 4. The molecule has 0 fully saturated rings. The van der Waals surface area contributed by atoms with Crippen LogP contribution >= 0.6 is 0 Å². The first-order valence-corrected chi connectivity index (χ1v) is 7.65. The molecule has 0 saturated carbocycles. The van der Waals surface area contributed by atoms with Gasteiger partial charge in [-0.2, -0.15) is 13.2 Å². The van der Waals surface area contributed by atoms with E-state index in [-0.39, 0.29) is 5.56 Å². The maximum absolute atomic E-state index is 13.0. The number of alkyl halides is 3. The van der Waals surface area contributed by atoms with Crippen LogP contribution in [0.3, 0.4) is 0 Å². The largest absolute Gasteiger partial charge is 0.455 e. The molecule has 0 aromatic heterocycles. The van der Waals surface area contributed by atoms with Crippen molar-refractivity contribution in [1.82, 2.24) is 5.32 Å². The van der Waals surface area contributed by atoms with Gasteiger partial charge in [-0.15, -0.1) is 0 Å². The second-order valence-electron chi connectivity index (χ2n) is 5.41. The third-order valence-corrected chi connectivity index (χ3v) is 3.36. The van der Waals surface area contributed by atoms with Gasteiger partial charge in [-0.25, -0.2) is 0 Å². The number of benzene rings is 1. The van der Waals surface area contributed by atoms with Crippen LogP contribution in [0.1, 0.15) is 31.4 Å². The van der Waals surface area contributed by atoms with Crippen molar-refractivity contribution < 1.29 is 27.8 Å². The zero-order valence-corrected chi connectivity index (χ0v) is 14.3. The highest BCUT2D eigenvalue weighted by Crippen LogP contribution is 2.35. The fourth-order valence-electron chi connectivity index (χ4n) is 2.06. The molecule has 1 aromatic carbocycles. The summed E-state index contributed by atoms with van der Waals surface area (Å²) in [6.45, 7) is 3.28. The minimum Gasteiger partial charge on any atom is -0.423 e. The molecule has 1 atom stereocenters. The van der Waals surface area contributed by atoms with E-state index in [4.69, 9.17) is 10.8 Å². The third-order valence-electron chi connectivity index (χ3n) is 3.36. The first-order valence-electron chi connectivity index (χ1n) is 7.65. The smallest absolute Gasteiger partial charge is 0.423 e. The average molecular weight is 371 g/mol. The Morgan fingerprint density at radius 3 is 2.23 bits per heavy atom. The van der Waals surface area contributed by atoms with Gasteiger partial charge in [-0.1, -0.05) is 24.3 Å². The van der Waals surface area contributed by atoms with Crippen molar-refractivity contribution in [2.75, 3.05) is 6.54 Å². The monoisotopic (exact) mass is 371 g/mol. The van der Waals surface area contributed by atoms with Crippen molar-refractivity contribution >= 4 is 23.5 Å². The molecule has 0 radical (unpaired) electrons. The molecule has 0 spiro atoms. The summed E-state index contributed by atoms with van der Waals surface area (Å²) < 4.78 is 43.1. The molecule has 1 rings (SSSR count). The molecule has 1 unspecified atom stereocenters. The zero-order chi connectivity index (χ0) is 20.0. The predicted octanol–water partition coefficient (Wildman–Crippen LogP) is 2.86. The summed E-state index contributed by atoms with van der Waals surface area (Å²) in [5.74, 6) is -5.07. The van der Waals surface area contributed by atoms with E-state index in [1.54, 1.807) is 6.20 Å². The molecule has 9 heteroatoms. The molecule has 0 amide bonds. The van der Waals surface area contributed by atoms with E-state index in [0.717, 1.165) is 13.1 Å². The summed E-state index contributed by atoms with van der Waals surface area (Å²) in [6, 6.07) is 5.87. The van der Waals surface area contributed by atoms with Crippen LogP contribution in [0, 0.1) is 10.8 Å². The van der Waals surface area contributed by atoms with E-state index in [1.165, 1.54) is 24.3 Å². The minimum atomic E-state index is -5.24. The Labute approximate surface area is 148 Å². The van der Waals surface area contributed by atoms with Crippen LogP contribution in [0.4, 0.5) is 13.2 Å². The van der Waals surface area contributed by atoms with Gasteiger partial charge in [0.25, 0.3) is 0 Å². The fraction of sp³-hybridized carbons (Fsp3) is 0.353. The molecule has 142 valence electrons. The van der Waals surface area contributed by atoms with Gasteiger partial charge in [0.1, 0.15) is 0 Å². The van der Waals surface area contributed by atoms with Gasteiger partial charge < -0.3 is 26.0 Å². The fourth-order valence-corrected chi connectivity index (χ4v) is 2.06. The number of carbonyl (C=O) groups excluding carboxylic acids is 1. The van der Waals surface area contributed by atoms with Gasteiger partial charge in [0, 0.05) is 37.2 Å². The second-order valence-corrected chi connectivity index (χ2v) is 5.41. The number of allylic oxidation sites excluding steroid dienone is 1. The van der Waals surface area contributed by atoms with Crippen molar-refractivity contribution in [3.05, 3.63) is 41.6 Å². The Kier molecular flexibility index (Phi) is 7.08. The minimum absolute atomic E-state index is 0.122. The molecule has 0 bridgehead atoms. The van der Waals surface area contributed by atoms with Crippen LogP contribution in [-0.4, -0.2) is 41.5 Å². The Morgan fingerprint density at radius 1 is 1.27 bits per heavy atom. The first kappa shape index (κ1) is 21.4. The lowest BCUT2D eigenvalue weighted by Crippen LogP contribution is -2.50. The predicted molar refractivity (Wildman–Crippen MR) is 91.1 cm³/mol. The SMILES string of the molecule is CCN/C=C(\C=N)c1ccc(C(=N)CC(O)(OC(C)=O)C(F)(F)F)cc1. The Morgan fingerprint density at radius 2 is 1.81 bits per heavy atom. The van der Waals surface area contributed by atoms with Gasteiger partial charge in [0.15, 0.2) is 0 Å². The van der Waals surface area contributed by atoms with Crippen molar-refractivity contribution in [1.29, 1.82) is 10.8 Å². The summed E-state index contributed by atoms with van der Waals surface area (Å²) in [4.78, 5) is 10.9. The van der Waals surface area contributed by atoms with Gasteiger partial charge in [-0.3, -0.25) is 4.79 Å². The third kappa shape index (κ3) is 5.41. The zero-order valence-electron chi connectivity index (χ0n) is 14.3. The van der Waals surface area contributed by atoms with Crippen molar-refractivity contribution in [2.24, 2.45) is 0 Å². The Bertz CT molecular complexity index is 699. The quantitative estimate of drug-likeness (QED) is 0.320. The molecule has 1 aromatic rings. The van der Waals surface area contributed by atoms with Gasteiger partial charge in [-0.05, 0) is 18.1 Å². The number of halogens is 3. The molecule has 0 saturated heterocycles. The van der Waals surface area contributed by atoms with E-state index < -0.39 is 30.1 Å². The second kappa shape index (κ2) is 8.61. The van der Waals surface area contributed by atoms with Crippen LogP contribution in [0.25, 0.3) is 5.57 Å². The van der Waals surface area contributed by atoms with E-state index in [2.05, 4.69) is 10.1 Å². The summed E-state index contributed by atoms with van der Waals surface area (Å²) in [5.41, 5.74) is 0.751. The van der Waals surface area contributed by atoms with Crippen molar-refractivity contribution in [3.8, 4) is 0 Å². The number of hydrogen-bond acceptors (Lipinski definition) is 6. The normalized spacial score (nSPS) is 14.3. The number of nitrogens with one attached hydrogen (secondary N) is 3. The van der Waals surface area contributed by atoms with E-state index in [0.29, 0.717) is 17.7 Å². The number of esters is 1. The molecule has 4 N–H and O–H groups in total. The summed E-state index contributed by atoms with van der Waals surface area (Å²) in [6.07, 6.45) is -3.74. The summed E-state index contributed by atoms with van der Waals surface area (Å²) in [7, 11) is 0. The highest BCUT2D eigenvalue weighted by Gasteiger charge is 2.57. The Hall–Kier alpha value is -2.68. The van der Waals surface area contributed by atoms with Crippen LogP contribution < -0.4 is 5.32 Å². The maximum atomic E-state index is 13.0. The topological polar surface area (TPSA) is 106 Å². The molecule has 0 aliphatic heterocycles. The molecule has 0 aliphatic rings. The lowest BCUT2D eigenvalue weighted by molar-refractivity contribution is -0.347. The first-order chi connectivity index (χ1) is 12.0. The number of aliphatic hydroxyl groups is 1. The summed E-state index contributed by atoms with van der Waals surface area (Å²) in [5, 5.41) is 27.8.